The Bertz CT molecular complexity index is 397. The average Bonchev–Trinajstić information content (AvgIpc) is 2.02. The molecule has 0 aliphatic rings. The zero-order valence-corrected chi connectivity index (χ0v) is 7.87. The summed E-state index contributed by atoms with van der Waals surface area (Å²) in [7, 11) is 0. The number of carboxylic acid groups (broad SMARTS) is 1. The smallest absolute Gasteiger partial charge is 0.346 e. The summed E-state index contributed by atoms with van der Waals surface area (Å²) in [4.78, 5) is 27.3. The minimum absolute atomic E-state index is 0.331. The average molecular weight is 197 g/mol. The van der Waals surface area contributed by atoms with Gasteiger partial charge in [0, 0.05) is 6.20 Å². The number of aliphatic carboxylic acids is 1. The molecule has 6 nitrogen and oxygen atoms in total. The third-order valence-corrected chi connectivity index (χ3v) is 1.66. The number of aromatic nitrogens is 2. The molecule has 6 heteroatoms. The first kappa shape index (κ1) is 10.2. The summed E-state index contributed by atoms with van der Waals surface area (Å²) in [5.41, 5.74) is -1.65. The number of carbonyl (C=O) groups is 1. The van der Waals surface area contributed by atoms with Crippen molar-refractivity contribution in [1.82, 2.24) is 9.97 Å². The molecule has 1 aromatic heterocycles. The van der Waals surface area contributed by atoms with Gasteiger partial charge < -0.3 is 10.4 Å². The number of hydrogen-bond donors (Lipinski definition) is 3. The first-order chi connectivity index (χ1) is 6.42. The fourth-order valence-electron chi connectivity index (χ4n) is 0.832. The lowest BCUT2D eigenvalue weighted by Gasteiger charge is -2.21. The van der Waals surface area contributed by atoms with Crippen LogP contribution in [0.1, 0.15) is 13.8 Å². The second kappa shape index (κ2) is 3.49. The highest BCUT2D eigenvalue weighted by Crippen LogP contribution is 2.10. The van der Waals surface area contributed by atoms with Crippen molar-refractivity contribution in [2.24, 2.45) is 0 Å². The van der Waals surface area contributed by atoms with E-state index in [1.165, 1.54) is 26.1 Å². The first-order valence-corrected chi connectivity index (χ1v) is 3.99. The lowest BCUT2D eigenvalue weighted by Crippen LogP contribution is -2.40. The van der Waals surface area contributed by atoms with Crippen LogP contribution in [0.2, 0.25) is 0 Å². The fourth-order valence-corrected chi connectivity index (χ4v) is 0.832. The van der Waals surface area contributed by atoms with Gasteiger partial charge in [0.15, 0.2) is 0 Å². The van der Waals surface area contributed by atoms with Gasteiger partial charge in [-0.05, 0) is 19.9 Å². The molecule has 1 rings (SSSR count). The molecule has 0 radical (unpaired) electrons. The molecule has 0 spiro atoms. The van der Waals surface area contributed by atoms with Gasteiger partial charge in [0.05, 0.1) is 0 Å². The maximum absolute atomic E-state index is 10.8. The molecule has 14 heavy (non-hydrogen) atoms. The van der Waals surface area contributed by atoms with E-state index in [0.29, 0.717) is 5.82 Å². The largest absolute Gasteiger partial charge is 0.480 e. The van der Waals surface area contributed by atoms with Crippen molar-refractivity contribution in [2.45, 2.75) is 19.4 Å². The standard InChI is InChI=1S/C8H11N3O3/c1-8(2,6(12)13)11-5-3-4-9-7(14)10-5/h3-4H,1-2H3,(H,12,13)(H2,9,10,11,14). The van der Waals surface area contributed by atoms with Crippen molar-refractivity contribution in [3.05, 3.63) is 22.7 Å². The summed E-state index contributed by atoms with van der Waals surface area (Å²) in [6.45, 7) is 2.99. The number of hydrogen-bond acceptors (Lipinski definition) is 4. The molecule has 0 fully saturated rings. The van der Waals surface area contributed by atoms with E-state index in [9.17, 15) is 9.59 Å². The third kappa shape index (κ3) is 2.32. The Morgan fingerprint density at radius 2 is 2.29 bits per heavy atom. The number of H-pyrrole nitrogens is 1. The van der Waals surface area contributed by atoms with Gasteiger partial charge in [-0.25, -0.2) is 14.6 Å². The van der Waals surface area contributed by atoms with Crippen LogP contribution >= 0.6 is 0 Å². The van der Waals surface area contributed by atoms with Crippen LogP contribution in [-0.2, 0) is 4.79 Å². The number of aromatic amines is 1. The van der Waals surface area contributed by atoms with Gasteiger partial charge in [-0.1, -0.05) is 0 Å². The van der Waals surface area contributed by atoms with Crippen LogP contribution in [0.5, 0.6) is 0 Å². The van der Waals surface area contributed by atoms with Crippen molar-refractivity contribution < 1.29 is 9.90 Å². The molecule has 0 atom stereocenters. The van der Waals surface area contributed by atoms with Crippen LogP contribution in [-0.4, -0.2) is 26.6 Å². The molecule has 1 aromatic rings. The summed E-state index contributed by atoms with van der Waals surface area (Å²) in [6, 6.07) is 1.49. The highest BCUT2D eigenvalue weighted by atomic mass is 16.4. The SMILES string of the molecule is CC(C)(Nc1ccnc(=O)[nH]1)C(=O)O. The molecule has 0 saturated heterocycles. The van der Waals surface area contributed by atoms with E-state index in [0.717, 1.165) is 0 Å². The van der Waals surface area contributed by atoms with E-state index < -0.39 is 17.2 Å². The third-order valence-electron chi connectivity index (χ3n) is 1.66. The maximum atomic E-state index is 10.8. The predicted molar refractivity (Wildman–Crippen MR) is 50.2 cm³/mol. The topological polar surface area (TPSA) is 95.1 Å². The van der Waals surface area contributed by atoms with E-state index in [1.54, 1.807) is 0 Å². The van der Waals surface area contributed by atoms with Crippen LogP contribution in [0.25, 0.3) is 0 Å². The minimum atomic E-state index is -1.13. The van der Waals surface area contributed by atoms with E-state index in [2.05, 4.69) is 15.3 Å². The van der Waals surface area contributed by atoms with Crippen molar-refractivity contribution in [2.75, 3.05) is 5.32 Å². The normalized spacial score (nSPS) is 11.0. The van der Waals surface area contributed by atoms with Gasteiger partial charge in [0.1, 0.15) is 11.4 Å². The van der Waals surface area contributed by atoms with Crippen LogP contribution in [0, 0.1) is 0 Å². The van der Waals surface area contributed by atoms with Crippen molar-refractivity contribution >= 4 is 11.8 Å². The van der Waals surface area contributed by atoms with E-state index in [1.807, 2.05) is 0 Å². The Labute approximate surface area is 80.0 Å². The lowest BCUT2D eigenvalue weighted by molar-refractivity contribution is -0.141. The Hall–Kier alpha value is -1.85. The number of rotatable bonds is 3. The predicted octanol–water partition coefficient (Wildman–Crippen LogP) is 0.0450. The quantitative estimate of drug-likeness (QED) is 0.636. The van der Waals surface area contributed by atoms with Crippen LogP contribution in [0.4, 0.5) is 5.82 Å². The number of carboxylic acids is 1. The van der Waals surface area contributed by atoms with Crippen LogP contribution < -0.4 is 11.0 Å². The van der Waals surface area contributed by atoms with Crippen LogP contribution in [0.15, 0.2) is 17.1 Å². The molecule has 0 saturated carbocycles. The van der Waals surface area contributed by atoms with Gasteiger partial charge in [-0.15, -0.1) is 0 Å². The molecule has 1 heterocycles. The molecule has 0 aromatic carbocycles. The van der Waals surface area contributed by atoms with Crippen molar-refractivity contribution in [3.8, 4) is 0 Å². The molecule has 0 bridgehead atoms. The number of nitrogens with one attached hydrogen (secondary N) is 2. The van der Waals surface area contributed by atoms with E-state index >= 15 is 0 Å². The summed E-state index contributed by atoms with van der Waals surface area (Å²) in [5, 5.41) is 11.5. The Morgan fingerprint density at radius 3 is 2.79 bits per heavy atom. The number of anilines is 1. The molecule has 3 N–H and O–H groups in total. The first-order valence-electron chi connectivity index (χ1n) is 3.99. The zero-order chi connectivity index (χ0) is 10.8. The van der Waals surface area contributed by atoms with Gasteiger partial charge in [-0.3, -0.25) is 4.98 Å². The fraction of sp³-hybridized carbons (Fsp3) is 0.375. The Balaban J connectivity index is 2.89. The second-order valence-electron chi connectivity index (χ2n) is 3.34. The Kier molecular flexibility index (Phi) is 2.55. The molecule has 0 aliphatic carbocycles. The van der Waals surface area contributed by atoms with E-state index in [-0.39, 0.29) is 0 Å². The van der Waals surface area contributed by atoms with Gasteiger partial charge >= 0.3 is 11.7 Å². The zero-order valence-electron chi connectivity index (χ0n) is 7.87. The highest BCUT2D eigenvalue weighted by molar-refractivity contribution is 5.81. The summed E-state index contributed by atoms with van der Waals surface area (Å²) < 4.78 is 0. The molecule has 76 valence electrons. The summed E-state index contributed by atoms with van der Waals surface area (Å²) in [5.74, 6) is -0.674. The lowest BCUT2D eigenvalue weighted by atomic mass is 10.1. The highest BCUT2D eigenvalue weighted by Gasteiger charge is 2.26. The molecule has 0 aliphatic heterocycles. The van der Waals surface area contributed by atoms with Crippen molar-refractivity contribution in [1.29, 1.82) is 0 Å². The van der Waals surface area contributed by atoms with E-state index in [4.69, 9.17) is 5.11 Å². The second-order valence-corrected chi connectivity index (χ2v) is 3.34. The van der Waals surface area contributed by atoms with Gasteiger partial charge in [0.2, 0.25) is 0 Å². The molecule has 0 amide bonds. The number of nitrogens with zero attached hydrogens (tertiary/aromatic N) is 1. The van der Waals surface area contributed by atoms with Gasteiger partial charge in [0.25, 0.3) is 0 Å². The van der Waals surface area contributed by atoms with Crippen LogP contribution in [0.3, 0.4) is 0 Å². The van der Waals surface area contributed by atoms with Crippen molar-refractivity contribution in [3.63, 3.8) is 0 Å². The maximum Gasteiger partial charge on any atom is 0.346 e. The monoisotopic (exact) mass is 197 g/mol. The molecular formula is C8H11N3O3. The molecular weight excluding hydrogens is 186 g/mol. The minimum Gasteiger partial charge on any atom is -0.480 e. The molecule has 0 unspecified atom stereocenters. The van der Waals surface area contributed by atoms with Gasteiger partial charge in [-0.2, -0.15) is 0 Å². The Morgan fingerprint density at radius 1 is 1.64 bits per heavy atom. The summed E-state index contributed by atoms with van der Waals surface area (Å²) in [6.07, 6.45) is 1.30. The summed E-state index contributed by atoms with van der Waals surface area (Å²) >= 11 is 0.